The number of thioether (sulfide) groups is 1. The molecule has 2 atom stereocenters. The molecule has 0 radical (unpaired) electrons. The largest absolute Gasteiger partial charge is 0.454 e. The van der Waals surface area contributed by atoms with Crippen LogP contribution in [0.3, 0.4) is 0 Å². The predicted octanol–water partition coefficient (Wildman–Crippen LogP) is 1.56. The highest BCUT2D eigenvalue weighted by molar-refractivity contribution is 8.00. The number of amides is 3. The number of carbonyl (C=O) groups excluding carboxylic acids is 3. The van der Waals surface area contributed by atoms with E-state index in [-0.39, 0.29) is 49.2 Å². The van der Waals surface area contributed by atoms with Crippen LogP contribution in [0.4, 0.5) is 5.69 Å². The van der Waals surface area contributed by atoms with Crippen LogP contribution in [0.5, 0.6) is 11.5 Å². The van der Waals surface area contributed by atoms with Crippen molar-refractivity contribution < 1.29 is 23.9 Å². The molecule has 2 aliphatic heterocycles. The summed E-state index contributed by atoms with van der Waals surface area (Å²) in [5, 5.41) is 11.7. The Labute approximate surface area is 189 Å². The third kappa shape index (κ3) is 6.14. The molecule has 2 heterocycles. The molecule has 0 bridgehead atoms. The van der Waals surface area contributed by atoms with Crippen LogP contribution >= 0.6 is 11.8 Å². The number of rotatable bonds is 8. The molecule has 3 amide bonds. The van der Waals surface area contributed by atoms with Gasteiger partial charge in [-0.15, -0.1) is 11.8 Å². The number of fused-ring (bicyclic) bond motifs is 1. The van der Waals surface area contributed by atoms with Gasteiger partial charge in [-0.1, -0.05) is 30.3 Å². The van der Waals surface area contributed by atoms with Crippen LogP contribution in [0.15, 0.2) is 48.5 Å². The first-order valence-corrected chi connectivity index (χ1v) is 11.3. The van der Waals surface area contributed by atoms with E-state index in [2.05, 4.69) is 21.3 Å². The van der Waals surface area contributed by atoms with Crippen molar-refractivity contribution in [3.63, 3.8) is 0 Å². The first-order valence-electron chi connectivity index (χ1n) is 10.2. The van der Waals surface area contributed by atoms with Crippen LogP contribution < -0.4 is 30.7 Å². The first kappa shape index (κ1) is 22.0. The van der Waals surface area contributed by atoms with Gasteiger partial charge in [0.15, 0.2) is 11.5 Å². The molecule has 0 aromatic heterocycles. The zero-order valence-corrected chi connectivity index (χ0v) is 18.1. The van der Waals surface area contributed by atoms with Crippen molar-refractivity contribution in [2.24, 2.45) is 0 Å². The minimum absolute atomic E-state index is 0.124. The Morgan fingerprint density at radius 1 is 1.06 bits per heavy atom. The Hall–Kier alpha value is -3.24. The van der Waals surface area contributed by atoms with Gasteiger partial charge < -0.3 is 25.4 Å². The van der Waals surface area contributed by atoms with Crippen molar-refractivity contribution in [1.29, 1.82) is 0 Å². The molecule has 10 heteroatoms. The number of hydrogen-bond acceptors (Lipinski definition) is 7. The van der Waals surface area contributed by atoms with E-state index in [4.69, 9.17) is 9.47 Å². The van der Waals surface area contributed by atoms with Gasteiger partial charge in [-0.05, 0) is 17.7 Å². The van der Waals surface area contributed by atoms with Crippen LogP contribution in [0, 0.1) is 0 Å². The molecule has 0 aliphatic carbocycles. The highest BCUT2D eigenvalue weighted by Gasteiger charge is 2.28. The van der Waals surface area contributed by atoms with Gasteiger partial charge in [-0.3, -0.25) is 19.7 Å². The number of ether oxygens (including phenoxy) is 2. The zero-order valence-electron chi connectivity index (χ0n) is 17.3. The van der Waals surface area contributed by atoms with Crippen molar-refractivity contribution in [1.82, 2.24) is 16.0 Å². The average molecular weight is 457 g/mol. The summed E-state index contributed by atoms with van der Waals surface area (Å²) in [5.41, 5.74) is 1.16. The minimum atomic E-state index is -0.453. The van der Waals surface area contributed by atoms with Crippen LogP contribution in [-0.2, 0) is 20.9 Å². The molecule has 168 valence electrons. The van der Waals surface area contributed by atoms with E-state index in [0.29, 0.717) is 23.7 Å². The van der Waals surface area contributed by atoms with Gasteiger partial charge in [-0.25, -0.2) is 0 Å². The smallest absolute Gasteiger partial charge is 0.234 e. The Balaban J connectivity index is 1.21. The third-order valence-corrected chi connectivity index (χ3v) is 5.93. The van der Waals surface area contributed by atoms with Crippen LogP contribution in [0.1, 0.15) is 18.4 Å². The molecule has 4 N–H and O–H groups in total. The standard InChI is InChI=1S/C22H24N4O5S/c27-19(23-11-14-4-2-1-3-5-14)9-16-10-20(28)26-22(25-16)32-12-21(29)24-15-6-7-17-18(8-15)31-13-30-17/h1-8,16,22,25H,9-13H2,(H,23,27)(H,24,29)(H,26,28). The second-order valence-corrected chi connectivity index (χ2v) is 8.50. The van der Waals surface area contributed by atoms with E-state index >= 15 is 0 Å². The number of hydrogen-bond donors (Lipinski definition) is 4. The van der Waals surface area contributed by atoms with Gasteiger partial charge in [-0.2, -0.15) is 0 Å². The Kier molecular flexibility index (Phi) is 7.13. The molecule has 2 aromatic carbocycles. The van der Waals surface area contributed by atoms with E-state index in [9.17, 15) is 14.4 Å². The molecule has 32 heavy (non-hydrogen) atoms. The summed E-state index contributed by atoms with van der Waals surface area (Å²) in [6.07, 6.45) is 0.389. The lowest BCUT2D eigenvalue weighted by Gasteiger charge is -2.30. The normalized spacial score (nSPS) is 19.2. The Bertz CT molecular complexity index is 988. The number of benzene rings is 2. The molecule has 2 aliphatic rings. The maximum Gasteiger partial charge on any atom is 0.234 e. The molecule has 1 saturated heterocycles. The maximum atomic E-state index is 12.3. The number of anilines is 1. The van der Waals surface area contributed by atoms with Crippen molar-refractivity contribution in [3.8, 4) is 11.5 Å². The van der Waals surface area contributed by atoms with E-state index in [1.165, 1.54) is 11.8 Å². The Morgan fingerprint density at radius 2 is 1.88 bits per heavy atom. The lowest BCUT2D eigenvalue weighted by molar-refractivity contribution is -0.125. The molecular weight excluding hydrogens is 432 g/mol. The van der Waals surface area contributed by atoms with Gasteiger partial charge in [0.2, 0.25) is 24.5 Å². The fraction of sp³-hybridized carbons (Fsp3) is 0.318. The molecule has 0 saturated carbocycles. The van der Waals surface area contributed by atoms with Gasteiger partial charge in [0, 0.05) is 37.2 Å². The van der Waals surface area contributed by atoms with Crippen molar-refractivity contribution in [2.45, 2.75) is 30.9 Å². The van der Waals surface area contributed by atoms with E-state index in [0.717, 1.165) is 5.56 Å². The number of carbonyl (C=O) groups is 3. The second-order valence-electron chi connectivity index (χ2n) is 7.41. The third-order valence-electron chi connectivity index (χ3n) is 4.91. The fourth-order valence-electron chi connectivity index (χ4n) is 3.39. The van der Waals surface area contributed by atoms with Crippen molar-refractivity contribution in [3.05, 3.63) is 54.1 Å². The SMILES string of the molecule is O=C(CC1CC(=O)NC(SCC(=O)Nc2ccc3c(c2)OCO3)N1)NCc1ccccc1. The molecular formula is C22H24N4O5S. The summed E-state index contributed by atoms with van der Waals surface area (Å²) in [7, 11) is 0. The lowest BCUT2D eigenvalue weighted by Crippen LogP contribution is -2.56. The van der Waals surface area contributed by atoms with Crippen molar-refractivity contribution >= 4 is 35.2 Å². The summed E-state index contributed by atoms with van der Waals surface area (Å²) in [6.45, 7) is 0.609. The molecule has 9 nitrogen and oxygen atoms in total. The van der Waals surface area contributed by atoms with E-state index in [1.807, 2.05) is 30.3 Å². The van der Waals surface area contributed by atoms with Crippen molar-refractivity contribution in [2.75, 3.05) is 17.9 Å². The first-order chi connectivity index (χ1) is 15.5. The quantitative estimate of drug-likeness (QED) is 0.476. The van der Waals surface area contributed by atoms with E-state index in [1.54, 1.807) is 18.2 Å². The molecule has 4 rings (SSSR count). The monoisotopic (exact) mass is 456 g/mol. The molecule has 2 aromatic rings. The highest BCUT2D eigenvalue weighted by Crippen LogP contribution is 2.34. The summed E-state index contributed by atoms with van der Waals surface area (Å²) in [5.74, 6) is 0.853. The van der Waals surface area contributed by atoms with Crippen LogP contribution in [-0.4, -0.2) is 41.8 Å². The average Bonchev–Trinajstić information content (AvgIpc) is 3.25. The predicted molar refractivity (Wildman–Crippen MR) is 120 cm³/mol. The van der Waals surface area contributed by atoms with Crippen LogP contribution in [0.25, 0.3) is 0 Å². The van der Waals surface area contributed by atoms with Crippen LogP contribution in [0.2, 0.25) is 0 Å². The van der Waals surface area contributed by atoms with E-state index < -0.39 is 5.50 Å². The lowest BCUT2D eigenvalue weighted by atomic mass is 10.1. The van der Waals surface area contributed by atoms with Gasteiger partial charge in [0.1, 0.15) is 5.50 Å². The summed E-state index contributed by atoms with van der Waals surface area (Å²) in [4.78, 5) is 36.6. The molecule has 1 fully saturated rings. The fourth-order valence-corrected chi connectivity index (χ4v) is 4.28. The summed E-state index contributed by atoms with van der Waals surface area (Å²) >= 11 is 1.25. The van der Waals surface area contributed by atoms with Gasteiger partial charge in [0.05, 0.1) is 5.75 Å². The Morgan fingerprint density at radius 3 is 2.72 bits per heavy atom. The summed E-state index contributed by atoms with van der Waals surface area (Å²) < 4.78 is 10.6. The highest BCUT2D eigenvalue weighted by atomic mass is 32.2. The topological polar surface area (TPSA) is 118 Å². The minimum Gasteiger partial charge on any atom is -0.454 e. The number of nitrogens with one attached hydrogen (secondary N) is 4. The zero-order chi connectivity index (χ0) is 22.3. The summed E-state index contributed by atoms with van der Waals surface area (Å²) in [6, 6.07) is 14.5. The van der Waals surface area contributed by atoms with Gasteiger partial charge in [0.25, 0.3) is 0 Å². The second kappa shape index (κ2) is 10.4. The van der Waals surface area contributed by atoms with Gasteiger partial charge >= 0.3 is 0 Å². The molecule has 0 spiro atoms. The maximum absolute atomic E-state index is 12.3. The molecule has 2 unspecified atom stereocenters.